The van der Waals surface area contributed by atoms with Gasteiger partial charge >= 0.3 is 5.97 Å². The Morgan fingerprint density at radius 1 is 0.962 bits per heavy atom. The van der Waals surface area contributed by atoms with Crippen LogP contribution in [0.4, 0.5) is 0 Å². The third-order valence-corrected chi connectivity index (χ3v) is 4.42. The molecule has 128 valence electrons. The highest BCUT2D eigenvalue weighted by molar-refractivity contribution is 5.90. The fraction of sp³-hybridized carbons (Fsp3) is 0.0909. The Morgan fingerprint density at radius 2 is 1.69 bits per heavy atom. The summed E-state index contributed by atoms with van der Waals surface area (Å²) < 4.78 is 6.90. The molecule has 4 nitrogen and oxygen atoms in total. The van der Waals surface area contributed by atoms with Gasteiger partial charge in [-0.2, -0.15) is 0 Å². The van der Waals surface area contributed by atoms with Crippen molar-refractivity contribution in [3.8, 4) is 11.3 Å². The molecule has 0 fully saturated rings. The van der Waals surface area contributed by atoms with Crippen LogP contribution in [0.25, 0.3) is 16.9 Å². The first-order chi connectivity index (χ1) is 12.8. The van der Waals surface area contributed by atoms with E-state index in [1.165, 1.54) is 12.7 Å². The normalized spacial score (nSPS) is 10.8. The van der Waals surface area contributed by atoms with Gasteiger partial charge in [0.15, 0.2) is 0 Å². The maximum atomic E-state index is 11.7. The van der Waals surface area contributed by atoms with E-state index in [9.17, 15) is 4.79 Å². The third kappa shape index (κ3) is 2.97. The van der Waals surface area contributed by atoms with Crippen molar-refractivity contribution in [2.24, 2.45) is 0 Å². The molecule has 2 heterocycles. The first kappa shape index (κ1) is 16.1. The molecule has 4 heteroatoms. The van der Waals surface area contributed by atoms with E-state index in [0.29, 0.717) is 5.56 Å². The maximum absolute atomic E-state index is 11.7. The number of carbonyl (C=O) groups is 1. The number of nitrogens with zero attached hydrogens (tertiary/aromatic N) is 2. The van der Waals surface area contributed by atoms with Crippen LogP contribution in [0, 0.1) is 0 Å². The second kappa shape index (κ2) is 6.84. The van der Waals surface area contributed by atoms with Gasteiger partial charge < -0.3 is 9.14 Å². The number of esters is 1. The van der Waals surface area contributed by atoms with Gasteiger partial charge in [-0.05, 0) is 29.8 Å². The zero-order valence-corrected chi connectivity index (χ0v) is 14.4. The van der Waals surface area contributed by atoms with Gasteiger partial charge in [0, 0.05) is 18.2 Å². The number of pyridine rings is 1. The van der Waals surface area contributed by atoms with Crippen LogP contribution >= 0.6 is 0 Å². The van der Waals surface area contributed by atoms with Gasteiger partial charge in [0.25, 0.3) is 0 Å². The van der Waals surface area contributed by atoms with E-state index in [4.69, 9.17) is 9.72 Å². The number of hydrogen-bond donors (Lipinski definition) is 0. The third-order valence-electron chi connectivity index (χ3n) is 4.42. The molecule has 0 aliphatic heterocycles. The summed E-state index contributed by atoms with van der Waals surface area (Å²) >= 11 is 0. The molecule has 2 aromatic heterocycles. The molecule has 0 saturated heterocycles. The SMILES string of the molecule is COC(=O)c1ccc(-c2nc3ccccn3c2Cc2ccccc2)cc1. The standard InChI is InChI=1S/C22H18N2O2/c1-26-22(25)18-12-10-17(11-13-18)21-19(15-16-7-3-2-4-8-16)24-14-6-5-9-20(24)23-21/h2-14H,15H2,1H3. The molecule has 0 spiro atoms. The van der Waals surface area contributed by atoms with Gasteiger partial charge in [0.05, 0.1) is 24.1 Å². The number of hydrogen-bond acceptors (Lipinski definition) is 3. The lowest BCUT2D eigenvalue weighted by Gasteiger charge is -2.06. The Balaban J connectivity index is 1.81. The molecule has 2 aromatic carbocycles. The van der Waals surface area contributed by atoms with Gasteiger partial charge in [-0.15, -0.1) is 0 Å². The van der Waals surface area contributed by atoms with Crippen LogP contribution in [0.3, 0.4) is 0 Å². The maximum Gasteiger partial charge on any atom is 0.337 e. The largest absolute Gasteiger partial charge is 0.465 e. The molecular weight excluding hydrogens is 324 g/mol. The van der Waals surface area contributed by atoms with Gasteiger partial charge in [0.1, 0.15) is 5.65 Å². The summed E-state index contributed by atoms with van der Waals surface area (Å²) in [6, 6.07) is 23.7. The number of aromatic nitrogens is 2. The summed E-state index contributed by atoms with van der Waals surface area (Å²) in [7, 11) is 1.39. The lowest BCUT2D eigenvalue weighted by atomic mass is 10.0. The van der Waals surface area contributed by atoms with Gasteiger partial charge in [0.2, 0.25) is 0 Å². The summed E-state index contributed by atoms with van der Waals surface area (Å²) in [5, 5.41) is 0. The number of methoxy groups -OCH3 is 1. The minimum atomic E-state index is -0.337. The van der Waals surface area contributed by atoms with Crippen molar-refractivity contribution in [3.05, 3.63) is 95.8 Å². The van der Waals surface area contributed by atoms with E-state index in [-0.39, 0.29) is 5.97 Å². The Morgan fingerprint density at radius 3 is 2.42 bits per heavy atom. The monoisotopic (exact) mass is 342 g/mol. The number of ether oxygens (including phenoxy) is 1. The molecule has 0 amide bonds. The van der Waals surface area contributed by atoms with Crippen molar-refractivity contribution in [2.45, 2.75) is 6.42 Å². The molecule has 4 rings (SSSR count). The van der Waals surface area contributed by atoms with Gasteiger partial charge in [-0.1, -0.05) is 48.5 Å². The van der Waals surface area contributed by atoms with Crippen molar-refractivity contribution in [3.63, 3.8) is 0 Å². The highest BCUT2D eigenvalue weighted by Crippen LogP contribution is 2.27. The molecule has 0 radical (unpaired) electrons. The molecule has 26 heavy (non-hydrogen) atoms. The fourth-order valence-corrected chi connectivity index (χ4v) is 3.12. The highest BCUT2D eigenvalue weighted by atomic mass is 16.5. The van der Waals surface area contributed by atoms with Crippen LogP contribution in [0.1, 0.15) is 21.6 Å². The van der Waals surface area contributed by atoms with Gasteiger partial charge in [-0.3, -0.25) is 0 Å². The van der Waals surface area contributed by atoms with E-state index in [1.807, 2.05) is 54.7 Å². The summed E-state index contributed by atoms with van der Waals surface area (Å²) in [6.45, 7) is 0. The minimum absolute atomic E-state index is 0.337. The first-order valence-electron chi connectivity index (χ1n) is 8.45. The predicted molar refractivity (Wildman–Crippen MR) is 101 cm³/mol. The van der Waals surface area contributed by atoms with Crippen molar-refractivity contribution in [2.75, 3.05) is 7.11 Å². The molecular formula is C22H18N2O2. The van der Waals surface area contributed by atoms with E-state index >= 15 is 0 Å². The molecule has 0 aliphatic rings. The number of imidazole rings is 1. The van der Waals surface area contributed by atoms with E-state index in [1.54, 1.807) is 12.1 Å². The summed E-state index contributed by atoms with van der Waals surface area (Å²) in [5.74, 6) is -0.337. The van der Waals surface area contributed by atoms with Crippen LogP contribution in [0.2, 0.25) is 0 Å². The Kier molecular flexibility index (Phi) is 4.23. The average Bonchev–Trinajstić information content (AvgIpc) is 3.07. The van der Waals surface area contributed by atoms with E-state index in [2.05, 4.69) is 16.5 Å². The number of benzene rings is 2. The van der Waals surface area contributed by atoms with Crippen LogP contribution in [-0.4, -0.2) is 22.5 Å². The van der Waals surface area contributed by atoms with Gasteiger partial charge in [-0.25, -0.2) is 9.78 Å². The number of carbonyl (C=O) groups excluding carboxylic acids is 1. The second-order valence-corrected chi connectivity index (χ2v) is 6.07. The molecule has 0 N–H and O–H groups in total. The molecule has 0 unspecified atom stereocenters. The van der Waals surface area contributed by atoms with E-state index < -0.39 is 0 Å². The highest BCUT2D eigenvalue weighted by Gasteiger charge is 2.15. The summed E-state index contributed by atoms with van der Waals surface area (Å²) in [5.41, 5.74) is 5.70. The zero-order valence-electron chi connectivity index (χ0n) is 14.4. The topological polar surface area (TPSA) is 43.6 Å². The number of rotatable bonds is 4. The van der Waals surface area contributed by atoms with Crippen LogP contribution in [0.5, 0.6) is 0 Å². The van der Waals surface area contributed by atoms with Crippen LogP contribution in [0.15, 0.2) is 79.0 Å². The number of fused-ring (bicyclic) bond motifs is 1. The summed E-state index contributed by atoms with van der Waals surface area (Å²) in [4.78, 5) is 16.5. The van der Waals surface area contributed by atoms with Crippen molar-refractivity contribution < 1.29 is 9.53 Å². The molecule has 0 aliphatic carbocycles. The van der Waals surface area contributed by atoms with Crippen molar-refractivity contribution >= 4 is 11.6 Å². The van der Waals surface area contributed by atoms with Crippen molar-refractivity contribution in [1.29, 1.82) is 0 Å². The smallest absolute Gasteiger partial charge is 0.337 e. The van der Waals surface area contributed by atoms with E-state index in [0.717, 1.165) is 29.0 Å². The predicted octanol–water partition coefficient (Wildman–Crippen LogP) is 4.38. The lowest BCUT2D eigenvalue weighted by molar-refractivity contribution is 0.0601. The lowest BCUT2D eigenvalue weighted by Crippen LogP contribution is -2.00. The quantitative estimate of drug-likeness (QED) is 0.517. The second-order valence-electron chi connectivity index (χ2n) is 6.07. The van der Waals surface area contributed by atoms with Crippen LogP contribution in [-0.2, 0) is 11.2 Å². The average molecular weight is 342 g/mol. The molecule has 0 bridgehead atoms. The first-order valence-corrected chi connectivity index (χ1v) is 8.45. The Hall–Kier alpha value is -3.40. The zero-order chi connectivity index (χ0) is 17.9. The molecule has 4 aromatic rings. The minimum Gasteiger partial charge on any atom is -0.465 e. The molecule has 0 atom stereocenters. The summed E-state index contributed by atoms with van der Waals surface area (Å²) in [6.07, 6.45) is 2.81. The van der Waals surface area contributed by atoms with Crippen LogP contribution < -0.4 is 0 Å². The van der Waals surface area contributed by atoms with Crippen molar-refractivity contribution in [1.82, 2.24) is 9.38 Å². The Labute approximate surface area is 151 Å². The molecule has 0 saturated carbocycles. The Bertz CT molecular complexity index is 1050. The fourth-order valence-electron chi connectivity index (χ4n) is 3.12.